The summed E-state index contributed by atoms with van der Waals surface area (Å²) in [5.41, 5.74) is 1.21. The Morgan fingerprint density at radius 3 is 2.25 bits per heavy atom. The average molecular weight is 169 g/mol. The maximum absolute atomic E-state index is 5.58. The second-order valence-corrected chi connectivity index (χ2v) is 2.95. The minimum absolute atomic E-state index is 0.785. The molecule has 0 saturated heterocycles. The number of hydrogen-bond donors (Lipinski definition) is 1. The summed E-state index contributed by atoms with van der Waals surface area (Å²) in [4.78, 5) is 0. The first-order chi connectivity index (χ1) is 5.61. The summed E-state index contributed by atoms with van der Waals surface area (Å²) in [6, 6.07) is 0. The summed E-state index contributed by atoms with van der Waals surface area (Å²) in [6.07, 6.45) is 1.96. The Labute approximate surface area is 75.3 Å². The molecule has 0 aromatic rings. The van der Waals surface area contributed by atoms with Crippen LogP contribution >= 0.6 is 0 Å². The highest BCUT2D eigenvalue weighted by molar-refractivity contribution is 5.07. The summed E-state index contributed by atoms with van der Waals surface area (Å²) in [7, 11) is 1.91. The second kappa shape index (κ2) is 5.84. The van der Waals surface area contributed by atoms with Gasteiger partial charge in [0.2, 0.25) is 0 Å². The molecule has 0 aromatic carbocycles. The van der Waals surface area contributed by atoms with E-state index in [4.69, 9.17) is 4.74 Å². The molecule has 0 aromatic heterocycles. The third kappa shape index (κ3) is 4.19. The van der Waals surface area contributed by atoms with Crippen molar-refractivity contribution in [1.29, 1.82) is 0 Å². The molecule has 0 bridgehead atoms. The molecule has 0 heterocycles. The Hall–Kier alpha value is -0.760. The molecule has 0 atom stereocenters. The predicted octanol–water partition coefficient (Wildman–Crippen LogP) is 2.44. The lowest BCUT2D eigenvalue weighted by Gasteiger charge is -2.11. The van der Waals surface area contributed by atoms with Gasteiger partial charge in [0.05, 0.1) is 12.3 Å². The van der Waals surface area contributed by atoms with E-state index in [1.165, 1.54) is 5.57 Å². The minimum atomic E-state index is 0.785. The zero-order chi connectivity index (χ0) is 9.56. The van der Waals surface area contributed by atoms with E-state index in [0.29, 0.717) is 0 Å². The standard InChI is InChI=1S/C10H19NO/c1-6-9(4)12-10(7-11-5)8(2)3/h6,11H,7H2,1-5H3/b9-6-. The topological polar surface area (TPSA) is 21.3 Å². The van der Waals surface area contributed by atoms with Crippen molar-refractivity contribution in [2.24, 2.45) is 0 Å². The van der Waals surface area contributed by atoms with Crippen molar-refractivity contribution in [3.05, 3.63) is 23.2 Å². The highest BCUT2D eigenvalue weighted by Crippen LogP contribution is 2.09. The molecule has 0 amide bonds. The van der Waals surface area contributed by atoms with E-state index in [1.807, 2.05) is 27.0 Å². The molecule has 1 N–H and O–H groups in total. The number of ether oxygens (including phenoxy) is 1. The summed E-state index contributed by atoms with van der Waals surface area (Å²) in [5.74, 6) is 1.95. The van der Waals surface area contributed by atoms with Gasteiger partial charge in [-0.05, 0) is 46.4 Å². The number of likely N-dealkylation sites (N-methyl/N-ethyl adjacent to an activating group) is 1. The molecule has 0 fully saturated rings. The van der Waals surface area contributed by atoms with Crippen LogP contribution in [0.25, 0.3) is 0 Å². The van der Waals surface area contributed by atoms with Crippen molar-refractivity contribution in [2.45, 2.75) is 27.7 Å². The van der Waals surface area contributed by atoms with Crippen LogP contribution < -0.4 is 5.32 Å². The monoisotopic (exact) mass is 169 g/mol. The first kappa shape index (κ1) is 11.2. The summed E-state index contributed by atoms with van der Waals surface area (Å²) < 4.78 is 5.58. The fraction of sp³-hybridized carbons (Fsp3) is 0.600. The summed E-state index contributed by atoms with van der Waals surface area (Å²) in [5, 5.41) is 3.07. The van der Waals surface area contributed by atoms with Gasteiger partial charge in [0.1, 0.15) is 5.76 Å². The molecule has 0 radical (unpaired) electrons. The fourth-order valence-electron chi connectivity index (χ4n) is 0.729. The average Bonchev–Trinajstić information content (AvgIpc) is 2.03. The van der Waals surface area contributed by atoms with Crippen molar-refractivity contribution in [2.75, 3.05) is 13.6 Å². The van der Waals surface area contributed by atoms with Crippen LogP contribution in [-0.2, 0) is 4.74 Å². The van der Waals surface area contributed by atoms with Gasteiger partial charge in [0, 0.05) is 0 Å². The maximum Gasteiger partial charge on any atom is 0.116 e. The molecule has 0 saturated carbocycles. The lowest BCUT2D eigenvalue weighted by atomic mass is 10.3. The van der Waals surface area contributed by atoms with Crippen molar-refractivity contribution in [3.8, 4) is 0 Å². The molecule has 0 unspecified atom stereocenters. The molecule has 2 nitrogen and oxygen atoms in total. The molecule has 2 heteroatoms. The number of nitrogens with one attached hydrogen (secondary N) is 1. The molecule has 70 valence electrons. The Kier molecular flexibility index (Phi) is 5.47. The van der Waals surface area contributed by atoms with Crippen LogP contribution in [0, 0.1) is 0 Å². The van der Waals surface area contributed by atoms with Gasteiger partial charge in [-0.25, -0.2) is 0 Å². The van der Waals surface area contributed by atoms with Gasteiger partial charge >= 0.3 is 0 Å². The molecule has 0 spiro atoms. The van der Waals surface area contributed by atoms with Crippen molar-refractivity contribution < 1.29 is 4.74 Å². The molecule has 0 aliphatic heterocycles. The van der Waals surface area contributed by atoms with E-state index in [-0.39, 0.29) is 0 Å². The second-order valence-electron chi connectivity index (χ2n) is 2.95. The Morgan fingerprint density at radius 1 is 1.33 bits per heavy atom. The van der Waals surface area contributed by atoms with E-state index in [0.717, 1.165) is 18.1 Å². The SMILES string of the molecule is C/C=C(/C)OC(CNC)=C(C)C. The van der Waals surface area contributed by atoms with Gasteiger partial charge in [-0.3, -0.25) is 0 Å². The highest BCUT2D eigenvalue weighted by Gasteiger charge is 1.99. The highest BCUT2D eigenvalue weighted by atomic mass is 16.5. The quantitative estimate of drug-likeness (QED) is 0.653. The third-order valence-electron chi connectivity index (χ3n) is 1.59. The van der Waals surface area contributed by atoms with Crippen LogP contribution in [0.5, 0.6) is 0 Å². The zero-order valence-corrected chi connectivity index (χ0v) is 8.69. The number of rotatable bonds is 4. The fourth-order valence-corrected chi connectivity index (χ4v) is 0.729. The van der Waals surface area contributed by atoms with Gasteiger partial charge < -0.3 is 10.1 Å². The predicted molar refractivity (Wildman–Crippen MR) is 52.8 cm³/mol. The van der Waals surface area contributed by atoms with Crippen LogP contribution in [-0.4, -0.2) is 13.6 Å². The lowest BCUT2D eigenvalue weighted by Crippen LogP contribution is -2.13. The maximum atomic E-state index is 5.58. The van der Waals surface area contributed by atoms with Crippen molar-refractivity contribution >= 4 is 0 Å². The van der Waals surface area contributed by atoms with Crippen LogP contribution in [0.4, 0.5) is 0 Å². The Morgan fingerprint density at radius 2 is 1.92 bits per heavy atom. The van der Waals surface area contributed by atoms with Crippen LogP contribution in [0.2, 0.25) is 0 Å². The van der Waals surface area contributed by atoms with E-state index in [2.05, 4.69) is 19.2 Å². The van der Waals surface area contributed by atoms with Crippen LogP contribution in [0.3, 0.4) is 0 Å². The Balaban J connectivity index is 4.26. The molecule has 0 aliphatic rings. The van der Waals surface area contributed by atoms with Gasteiger partial charge in [0.25, 0.3) is 0 Å². The summed E-state index contributed by atoms with van der Waals surface area (Å²) >= 11 is 0. The van der Waals surface area contributed by atoms with Crippen molar-refractivity contribution in [3.63, 3.8) is 0 Å². The lowest BCUT2D eigenvalue weighted by molar-refractivity contribution is 0.291. The zero-order valence-electron chi connectivity index (χ0n) is 8.69. The molecular formula is C10H19NO. The normalized spacial score (nSPS) is 11.2. The molecule has 0 aliphatic carbocycles. The first-order valence-corrected chi connectivity index (χ1v) is 4.23. The van der Waals surface area contributed by atoms with E-state index in [9.17, 15) is 0 Å². The minimum Gasteiger partial charge on any atom is -0.465 e. The third-order valence-corrected chi connectivity index (χ3v) is 1.59. The van der Waals surface area contributed by atoms with E-state index < -0.39 is 0 Å². The summed E-state index contributed by atoms with van der Waals surface area (Å²) in [6.45, 7) is 8.81. The molecule has 0 rings (SSSR count). The van der Waals surface area contributed by atoms with Crippen LogP contribution in [0.15, 0.2) is 23.2 Å². The molecular weight excluding hydrogens is 150 g/mol. The van der Waals surface area contributed by atoms with Gasteiger partial charge in [-0.1, -0.05) is 0 Å². The van der Waals surface area contributed by atoms with Gasteiger partial charge in [-0.2, -0.15) is 0 Å². The molecule has 12 heavy (non-hydrogen) atoms. The van der Waals surface area contributed by atoms with E-state index >= 15 is 0 Å². The van der Waals surface area contributed by atoms with Gasteiger partial charge in [-0.15, -0.1) is 0 Å². The van der Waals surface area contributed by atoms with Crippen LogP contribution in [0.1, 0.15) is 27.7 Å². The van der Waals surface area contributed by atoms with Gasteiger partial charge in [0.15, 0.2) is 0 Å². The number of allylic oxidation sites excluding steroid dienone is 3. The van der Waals surface area contributed by atoms with E-state index in [1.54, 1.807) is 0 Å². The van der Waals surface area contributed by atoms with Crippen molar-refractivity contribution in [1.82, 2.24) is 5.32 Å². The largest absolute Gasteiger partial charge is 0.465 e. The Bertz CT molecular complexity index is 188. The number of hydrogen-bond acceptors (Lipinski definition) is 2. The first-order valence-electron chi connectivity index (χ1n) is 4.23. The smallest absolute Gasteiger partial charge is 0.116 e.